The molecule has 0 bridgehead atoms. The molecule has 2 aliphatic heterocycles. The van der Waals surface area contributed by atoms with Crippen LogP contribution in [0.3, 0.4) is 0 Å². The molecular weight excluding hydrogens is 478 g/mol. The first kappa shape index (κ1) is 24.6. The Bertz CT molecular complexity index is 1370. The summed E-state index contributed by atoms with van der Waals surface area (Å²) >= 11 is 0. The molecule has 0 saturated carbocycles. The average molecular weight is 507 g/mol. The van der Waals surface area contributed by atoms with Crippen LogP contribution in [0.1, 0.15) is 31.9 Å². The number of piperazine rings is 1. The highest BCUT2D eigenvalue weighted by molar-refractivity contribution is 6.05. The lowest BCUT2D eigenvalue weighted by molar-refractivity contribution is -0.129. The maximum atomic E-state index is 15.2. The third-order valence-corrected chi connectivity index (χ3v) is 6.50. The number of halogens is 2. The predicted molar refractivity (Wildman–Crippen MR) is 139 cm³/mol. The number of aliphatic imine (C=N–C) groups is 1. The predicted octanol–water partition coefficient (Wildman–Crippen LogP) is 4.50. The van der Waals surface area contributed by atoms with Crippen molar-refractivity contribution in [1.82, 2.24) is 14.9 Å². The second-order valence-corrected chi connectivity index (χ2v) is 9.27. The van der Waals surface area contributed by atoms with E-state index in [1.807, 2.05) is 37.0 Å². The van der Waals surface area contributed by atoms with Crippen molar-refractivity contribution in [3.8, 4) is 11.8 Å². The number of amides is 1. The van der Waals surface area contributed by atoms with Crippen LogP contribution in [0.2, 0.25) is 0 Å². The Morgan fingerprint density at radius 3 is 2.65 bits per heavy atom. The number of ether oxygens (including phenoxy) is 1. The van der Waals surface area contributed by atoms with Gasteiger partial charge in [0.15, 0.2) is 11.6 Å². The van der Waals surface area contributed by atoms with Gasteiger partial charge in [-0.2, -0.15) is 9.97 Å². The van der Waals surface area contributed by atoms with Crippen molar-refractivity contribution in [2.24, 2.45) is 4.99 Å². The summed E-state index contributed by atoms with van der Waals surface area (Å²) in [6.45, 7) is 8.10. The fourth-order valence-corrected chi connectivity index (χ4v) is 4.64. The Kier molecular flexibility index (Phi) is 6.73. The number of carbonyl (C=O) groups excluding carboxylic acids is 1. The molecule has 1 aromatic carbocycles. The molecule has 2 aromatic rings. The molecule has 0 radical (unpaired) electrons. The summed E-state index contributed by atoms with van der Waals surface area (Å²) in [6.07, 6.45) is 7.84. The monoisotopic (exact) mass is 506 g/mol. The van der Waals surface area contributed by atoms with Gasteiger partial charge < -0.3 is 19.9 Å². The number of nitrogens with one attached hydrogen (secondary N) is 1. The zero-order valence-corrected chi connectivity index (χ0v) is 21.0. The molecule has 1 saturated heterocycles. The van der Waals surface area contributed by atoms with Gasteiger partial charge in [0, 0.05) is 56.4 Å². The van der Waals surface area contributed by atoms with Crippen molar-refractivity contribution in [3.63, 3.8) is 0 Å². The van der Waals surface area contributed by atoms with Gasteiger partial charge in [-0.25, -0.2) is 8.78 Å². The molecule has 1 amide bonds. The number of benzene rings is 1. The molecule has 1 aliphatic carbocycles. The van der Waals surface area contributed by atoms with Crippen LogP contribution < -0.4 is 15.0 Å². The standard InChI is InChI=1S/C27H28F2N6O2/c1-4-5-18-12-23(30-15-18)31-24-14-25(35-8-6-34(7-9-35)17(3)36)33-27(32-24)37-22-13-21(28)19-10-16(2)11-20(19)26(22)29/h4-5,11-14H,6-10,15H2,1-3H3,(H,30,31,32,33)/b5-4+. The molecule has 1 fully saturated rings. The number of rotatable bonds is 5. The van der Waals surface area contributed by atoms with Gasteiger partial charge in [0.1, 0.15) is 23.3 Å². The van der Waals surface area contributed by atoms with Crippen LogP contribution in [-0.4, -0.2) is 59.3 Å². The molecule has 0 unspecified atom stereocenters. The molecule has 37 heavy (non-hydrogen) atoms. The normalized spacial score (nSPS) is 17.1. The van der Waals surface area contributed by atoms with Gasteiger partial charge >= 0.3 is 6.01 Å². The topological polar surface area (TPSA) is 83.0 Å². The molecular formula is C27H28F2N6O2. The van der Waals surface area contributed by atoms with Crippen LogP contribution in [0, 0.1) is 11.6 Å². The Balaban J connectivity index is 1.46. The maximum absolute atomic E-state index is 15.2. The molecule has 1 N–H and O–H groups in total. The van der Waals surface area contributed by atoms with Crippen LogP contribution in [0.4, 0.5) is 20.4 Å². The fraction of sp³-hybridized carbons (Fsp3) is 0.333. The largest absolute Gasteiger partial charge is 0.421 e. The molecule has 8 nitrogen and oxygen atoms in total. The first-order chi connectivity index (χ1) is 17.8. The lowest BCUT2D eigenvalue weighted by Crippen LogP contribution is -2.48. The summed E-state index contributed by atoms with van der Waals surface area (Å²) in [5.74, 6) is 0.145. The summed E-state index contributed by atoms with van der Waals surface area (Å²) in [6, 6.07) is 2.68. The number of aromatic nitrogens is 2. The van der Waals surface area contributed by atoms with E-state index in [9.17, 15) is 9.18 Å². The minimum Gasteiger partial charge on any atom is -0.421 e. The highest BCUT2D eigenvalue weighted by atomic mass is 19.1. The second-order valence-electron chi connectivity index (χ2n) is 9.27. The van der Waals surface area contributed by atoms with Crippen LogP contribution in [0.15, 0.2) is 46.5 Å². The van der Waals surface area contributed by atoms with Gasteiger partial charge in [-0.15, -0.1) is 0 Å². The van der Waals surface area contributed by atoms with Crippen molar-refractivity contribution in [2.45, 2.75) is 27.2 Å². The number of hydrogen-bond donors (Lipinski definition) is 1. The van der Waals surface area contributed by atoms with Crippen LogP contribution >= 0.6 is 0 Å². The summed E-state index contributed by atoms with van der Waals surface area (Å²) in [5, 5.41) is 3.18. The summed E-state index contributed by atoms with van der Waals surface area (Å²) in [7, 11) is 0. The van der Waals surface area contributed by atoms with Crippen molar-refractivity contribution < 1.29 is 18.3 Å². The van der Waals surface area contributed by atoms with E-state index in [-0.39, 0.29) is 23.2 Å². The highest BCUT2D eigenvalue weighted by Crippen LogP contribution is 2.36. The number of nitrogens with zero attached hydrogens (tertiary/aromatic N) is 5. The van der Waals surface area contributed by atoms with E-state index in [0.717, 1.165) is 17.2 Å². The van der Waals surface area contributed by atoms with E-state index in [1.54, 1.807) is 24.0 Å². The van der Waals surface area contributed by atoms with Crippen molar-refractivity contribution in [2.75, 3.05) is 42.9 Å². The smallest absolute Gasteiger partial charge is 0.326 e. The summed E-state index contributed by atoms with van der Waals surface area (Å²) in [5.41, 5.74) is 2.45. The Morgan fingerprint density at radius 1 is 1.14 bits per heavy atom. The van der Waals surface area contributed by atoms with E-state index in [0.29, 0.717) is 62.2 Å². The van der Waals surface area contributed by atoms with E-state index in [1.165, 1.54) is 0 Å². The molecule has 0 atom stereocenters. The Hall–Kier alpha value is -4.08. The number of allylic oxidation sites excluding steroid dienone is 2. The van der Waals surface area contributed by atoms with E-state index in [4.69, 9.17) is 4.74 Å². The van der Waals surface area contributed by atoms with Crippen molar-refractivity contribution in [3.05, 3.63) is 64.3 Å². The lowest BCUT2D eigenvalue weighted by atomic mass is 10.1. The number of amidine groups is 1. The van der Waals surface area contributed by atoms with Crippen molar-refractivity contribution >= 4 is 29.5 Å². The zero-order valence-electron chi connectivity index (χ0n) is 21.0. The van der Waals surface area contributed by atoms with Crippen LogP contribution in [0.5, 0.6) is 11.8 Å². The third-order valence-electron chi connectivity index (χ3n) is 6.50. The van der Waals surface area contributed by atoms with Gasteiger partial charge in [0.2, 0.25) is 5.91 Å². The van der Waals surface area contributed by atoms with Crippen LogP contribution in [-0.2, 0) is 11.2 Å². The number of carbonyl (C=O) groups is 1. The van der Waals surface area contributed by atoms with Gasteiger partial charge in [-0.05, 0) is 31.9 Å². The molecule has 10 heteroatoms. The number of anilines is 2. The van der Waals surface area contributed by atoms with E-state index < -0.39 is 11.6 Å². The quantitative estimate of drug-likeness (QED) is 0.643. The van der Waals surface area contributed by atoms with Gasteiger partial charge in [-0.1, -0.05) is 23.8 Å². The molecule has 0 spiro atoms. The highest BCUT2D eigenvalue weighted by Gasteiger charge is 2.25. The van der Waals surface area contributed by atoms with Gasteiger partial charge in [-0.3, -0.25) is 9.79 Å². The molecule has 192 valence electrons. The summed E-state index contributed by atoms with van der Waals surface area (Å²) < 4.78 is 35.7. The first-order valence-electron chi connectivity index (χ1n) is 12.2. The molecule has 1 aromatic heterocycles. The Morgan fingerprint density at radius 2 is 1.92 bits per heavy atom. The van der Waals surface area contributed by atoms with E-state index in [2.05, 4.69) is 20.3 Å². The van der Waals surface area contributed by atoms with Gasteiger partial charge in [0.05, 0.1) is 6.54 Å². The lowest BCUT2D eigenvalue weighted by Gasteiger charge is -2.35. The van der Waals surface area contributed by atoms with Crippen LogP contribution in [0.25, 0.3) is 6.08 Å². The number of fused-ring (bicyclic) bond motifs is 1. The molecule has 3 heterocycles. The van der Waals surface area contributed by atoms with Gasteiger partial charge in [0.25, 0.3) is 0 Å². The maximum Gasteiger partial charge on any atom is 0.326 e. The molecule has 5 rings (SSSR count). The second kappa shape index (κ2) is 10.1. The minimum absolute atomic E-state index is 0.0232. The van der Waals surface area contributed by atoms with Crippen molar-refractivity contribution in [1.29, 1.82) is 0 Å². The average Bonchev–Trinajstić information content (AvgIpc) is 3.49. The minimum atomic E-state index is -0.647. The van der Waals surface area contributed by atoms with E-state index >= 15 is 4.39 Å². The number of hydrogen-bond acceptors (Lipinski definition) is 7. The summed E-state index contributed by atoms with van der Waals surface area (Å²) in [4.78, 5) is 28.9. The Labute approximate surface area is 214 Å². The molecule has 3 aliphatic rings. The SMILES string of the molecule is C/C=C/C1=CC(Nc2cc(N3CCN(C(C)=O)CC3)nc(Oc3cc(F)c4c(c3F)C=C(C)C4)n2)=NC1. The fourth-order valence-electron chi connectivity index (χ4n) is 4.64. The third kappa shape index (κ3) is 5.23. The first-order valence-corrected chi connectivity index (χ1v) is 12.2. The zero-order chi connectivity index (χ0) is 26.1.